The molecule has 1 aliphatic rings. The van der Waals surface area contributed by atoms with E-state index in [1.54, 1.807) is 7.11 Å². The van der Waals surface area contributed by atoms with Gasteiger partial charge in [-0.1, -0.05) is 36.2 Å². The van der Waals surface area contributed by atoms with E-state index in [4.69, 9.17) is 27.9 Å². The SMILES string of the molecule is COCCNCC1(c2c(Cl)cccc2Cl)CC1C. The van der Waals surface area contributed by atoms with Gasteiger partial charge in [0.15, 0.2) is 0 Å². The first-order valence-electron chi connectivity index (χ1n) is 6.26. The molecule has 18 heavy (non-hydrogen) atoms. The van der Waals surface area contributed by atoms with Crippen LogP contribution in [0.3, 0.4) is 0 Å². The largest absolute Gasteiger partial charge is 0.383 e. The molecule has 0 aromatic heterocycles. The number of methoxy groups -OCH3 is 1. The summed E-state index contributed by atoms with van der Waals surface area (Å²) in [5.41, 5.74) is 1.20. The van der Waals surface area contributed by atoms with Crippen LogP contribution in [-0.2, 0) is 10.2 Å². The molecule has 2 unspecified atom stereocenters. The topological polar surface area (TPSA) is 21.3 Å². The van der Waals surface area contributed by atoms with Crippen molar-refractivity contribution in [2.24, 2.45) is 5.92 Å². The lowest BCUT2D eigenvalue weighted by Crippen LogP contribution is -2.31. The fraction of sp³-hybridized carbons (Fsp3) is 0.571. The maximum absolute atomic E-state index is 6.32. The molecule has 0 aliphatic heterocycles. The second-order valence-electron chi connectivity index (χ2n) is 5.03. The summed E-state index contributed by atoms with van der Waals surface area (Å²) in [6, 6.07) is 5.74. The van der Waals surface area contributed by atoms with Crippen molar-refractivity contribution >= 4 is 23.2 Å². The summed E-state index contributed by atoms with van der Waals surface area (Å²) in [6.45, 7) is 4.73. The minimum Gasteiger partial charge on any atom is -0.383 e. The number of benzene rings is 1. The van der Waals surface area contributed by atoms with Crippen LogP contribution in [0.25, 0.3) is 0 Å². The summed E-state index contributed by atoms with van der Waals surface area (Å²) in [5, 5.41) is 4.99. The molecular formula is C14H19Cl2NO. The maximum atomic E-state index is 6.32. The van der Waals surface area contributed by atoms with Crippen LogP contribution in [0.5, 0.6) is 0 Å². The van der Waals surface area contributed by atoms with E-state index in [9.17, 15) is 0 Å². The van der Waals surface area contributed by atoms with Gasteiger partial charge in [0.1, 0.15) is 0 Å². The maximum Gasteiger partial charge on any atom is 0.0587 e. The van der Waals surface area contributed by atoms with Crippen LogP contribution in [0.15, 0.2) is 18.2 Å². The molecule has 2 rings (SSSR count). The monoisotopic (exact) mass is 287 g/mol. The Bertz CT molecular complexity index is 404. The van der Waals surface area contributed by atoms with E-state index in [1.165, 1.54) is 0 Å². The fourth-order valence-electron chi connectivity index (χ4n) is 2.63. The van der Waals surface area contributed by atoms with Crippen LogP contribution in [-0.4, -0.2) is 26.8 Å². The lowest BCUT2D eigenvalue weighted by Gasteiger charge is -2.21. The Balaban J connectivity index is 2.13. The third kappa shape index (κ3) is 2.67. The van der Waals surface area contributed by atoms with Gasteiger partial charge in [0, 0.05) is 35.7 Å². The van der Waals surface area contributed by atoms with Crippen LogP contribution >= 0.6 is 23.2 Å². The fourth-order valence-corrected chi connectivity index (χ4v) is 3.40. The molecular weight excluding hydrogens is 269 g/mol. The van der Waals surface area contributed by atoms with Crippen LogP contribution < -0.4 is 5.32 Å². The first kappa shape index (κ1) is 14.1. The molecule has 2 nitrogen and oxygen atoms in total. The zero-order valence-electron chi connectivity index (χ0n) is 10.8. The van der Waals surface area contributed by atoms with Gasteiger partial charge in [-0.25, -0.2) is 0 Å². The number of halogens is 2. The summed E-state index contributed by atoms with van der Waals surface area (Å²) in [6.07, 6.45) is 1.14. The Morgan fingerprint density at radius 3 is 2.50 bits per heavy atom. The number of nitrogens with one attached hydrogen (secondary N) is 1. The Morgan fingerprint density at radius 2 is 2.00 bits per heavy atom. The standard InChI is InChI=1S/C14H19Cl2NO/c1-10-8-14(10,9-17-6-7-18-2)13-11(15)4-3-5-12(13)16/h3-5,10,17H,6-9H2,1-2H3. The molecule has 4 heteroatoms. The molecule has 100 valence electrons. The Morgan fingerprint density at radius 1 is 1.39 bits per heavy atom. The number of hydrogen-bond acceptors (Lipinski definition) is 2. The Labute approximate surface area is 119 Å². The third-order valence-electron chi connectivity index (χ3n) is 3.84. The second kappa shape index (κ2) is 5.79. The zero-order valence-corrected chi connectivity index (χ0v) is 12.3. The third-order valence-corrected chi connectivity index (χ3v) is 4.47. The molecule has 2 atom stereocenters. The quantitative estimate of drug-likeness (QED) is 0.809. The lowest BCUT2D eigenvalue weighted by molar-refractivity contribution is 0.198. The molecule has 1 saturated carbocycles. The van der Waals surface area contributed by atoms with Crippen molar-refractivity contribution in [1.82, 2.24) is 5.32 Å². The van der Waals surface area contributed by atoms with Gasteiger partial charge in [-0.2, -0.15) is 0 Å². The predicted molar refractivity (Wildman–Crippen MR) is 76.7 cm³/mol. The van der Waals surface area contributed by atoms with Gasteiger partial charge >= 0.3 is 0 Å². The highest BCUT2D eigenvalue weighted by atomic mass is 35.5. The van der Waals surface area contributed by atoms with Crippen molar-refractivity contribution in [2.45, 2.75) is 18.8 Å². The molecule has 1 aromatic carbocycles. The average molecular weight is 288 g/mol. The van der Waals surface area contributed by atoms with Crippen molar-refractivity contribution in [1.29, 1.82) is 0 Å². The van der Waals surface area contributed by atoms with E-state index in [1.807, 2.05) is 18.2 Å². The Hall–Kier alpha value is -0.280. The van der Waals surface area contributed by atoms with Crippen molar-refractivity contribution in [3.05, 3.63) is 33.8 Å². The molecule has 1 aliphatic carbocycles. The van der Waals surface area contributed by atoms with E-state index >= 15 is 0 Å². The molecule has 0 spiro atoms. The number of hydrogen-bond donors (Lipinski definition) is 1. The molecule has 0 radical (unpaired) electrons. The highest BCUT2D eigenvalue weighted by Gasteiger charge is 2.53. The van der Waals surface area contributed by atoms with Crippen molar-refractivity contribution in [3.63, 3.8) is 0 Å². The van der Waals surface area contributed by atoms with Crippen molar-refractivity contribution in [3.8, 4) is 0 Å². The highest BCUT2D eigenvalue weighted by molar-refractivity contribution is 6.36. The number of rotatable bonds is 6. The summed E-state index contributed by atoms with van der Waals surface area (Å²) in [5.74, 6) is 0.616. The summed E-state index contributed by atoms with van der Waals surface area (Å²) < 4.78 is 5.04. The van der Waals surface area contributed by atoms with Crippen LogP contribution in [0.1, 0.15) is 18.9 Å². The minimum absolute atomic E-state index is 0.100. The van der Waals surface area contributed by atoms with E-state index in [0.717, 1.165) is 41.7 Å². The molecule has 0 bridgehead atoms. The van der Waals surface area contributed by atoms with E-state index in [0.29, 0.717) is 5.92 Å². The van der Waals surface area contributed by atoms with Crippen LogP contribution in [0.4, 0.5) is 0 Å². The molecule has 1 N–H and O–H groups in total. The normalized spacial score (nSPS) is 26.3. The van der Waals surface area contributed by atoms with Gasteiger partial charge in [-0.15, -0.1) is 0 Å². The van der Waals surface area contributed by atoms with E-state index in [2.05, 4.69) is 12.2 Å². The van der Waals surface area contributed by atoms with Gasteiger partial charge in [0.2, 0.25) is 0 Å². The lowest BCUT2D eigenvalue weighted by atomic mass is 9.93. The molecule has 0 saturated heterocycles. The van der Waals surface area contributed by atoms with Crippen molar-refractivity contribution in [2.75, 3.05) is 26.8 Å². The first-order valence-corrected chi connectivity index (χ1v) is 7.01. The first-order chi connectivity index (χ1) is 8.62. The second-order valence-corrected chi connectivity index (χ2v) is 5.84. The Kier molecular flexibility index (Phi) is 4.54. The van der Waals surface area contributed by atoms with Crippen LogP contribution in [0, 0.1) is 5.92 Å². The van der Waals surface area contributed by atoms with Crippen LogP contribution in [0.2, 0.25) is 10.0 Å². The smallest absolute Gasteiger partial charge is 0.0587 e. The minimum atomic E-state index is 0.100. The molecule has 1 aromatic rings. The van der Waals surface area contributed by atoms with Gasteiger partial charge in [0.25, 0.3) is 0 Å². The highest BCUT2D eigenvalue weighted by Crippen LogP contribution is 2.57. The average Bonchev–Trinajstić information content (AvgIpc) is 2.96. The zero-order chi connectivity index (χ0) is 13.2. The van der Waals surface area contributed by atoms with Gasteiger partial charge in [-0.05, 0) is 30.0 Å². The number of ether oxygens (including phenoxy) is 1. The van der Waals surface area contributed by atoms with E-state index in [-0.39, 0.29) is 5.41 Å². The van der Waals surface area contributed by atoms with Crippen molar-refractivity contribution < 1.29 is 4.74 Å². The van der Waals surface area contributed by atoms with Gasteiger partial charge < -0.3 is 10.1 Å². The molecule has 0 amide bonds. The summed E-state index contributed by atoms with van der Waals surface area (Å²) in [7, 11) is 1.71. The molecule has 1 fully saturated rings. The summed E-state index contributed by atoms with van der Waals surface area (Å²) >= 11 is 12.6. The summed E-state index contributed by atoms with van der Waals surface area (Å²) in [4.78, 5) is 0. The van der Waals surface area contributed by atoms with Gasteiger partial charge in [0.05, 0.1) is 6.61 Å². The van der Waals surface area contributed by atoms with E-state index < -0.39 is 0 Å². The van der Waals surface area contributed by atoms with Gasteiger partial charge in [-0.3, -0.25) is 0 Å². The predicted octanol–water partition coefficient (Wildman–Crippen LogP) is 3.51. The molecule has 0 heterocycles.